The number of rotatable bonds is 7. The number of hydrogen-bond acceptors (Lipinski definition) is 4. The van der Waals surface area contributed by atoms with E-state index in [0.29, 0.717) is 17.5 Å². The summed E-state index contributed by atoms with van der Waals surface area (Å²) in [5.74, 6) is 1.88. The van der Waals surface area contributed by atoms with Crippen LogP contribution >= 0.6 is 0 Å². The highest BCUT2D eigenvalue weighted by molar-refractivity contribution is 6.12. The second-order valence-electron chi connectivity index (χ2n) is 15.0. The van der Waals surface area contributed by atoms with E-state index in [1.54, 1.807) is 0 Å². The molecule has 0 spiro atoms. The van der Waals surface area contributed by atoms with Crippen molar-refractivity contribution in [1.82, 2.24) is 19.9 Å². The zero-order valence-corrected chi connectivity index (χ0v) is 32.6. The first-order valence-electron chi connectivity index (χ1n) is 20.2. The Balaban J connectivity index is 1.01. The van der Waals surface area contributed by atoms with Crippen LogP contribution < -0.4 is 0 Å². The standard InChI is InChI=1S/C56H36N4/c1-3-12-37(13-4-1)39-21-29-43(30-22-39)54-58-55(44-31-23-40(24-32-44)38-14-5-2-6-15-38)60-56(59-54)51-34-33-46(47-17-7-8-18-48(47)51)41-25-27-42(28-26-41)52-36-45-16-11-35-57-53(45)50-20-10-9-19-49(50)52/h1-36H. The molecule has 0 amide bonds. The van der Waals surface area contributed by atoms with Crippen LogP contribution in [-0.4, -0.2) is 19.9 Å². The maximum Gasteiger partial charge on any atom is 0.164 e. The fourth-order valence-corrected chi connectivity index (χ4v) is 8.37. The van der Waals surface area contributed by atoms with Crippen LogP contribution in [0.25, 0.3) is 111 Å². The van der Waals surface area contributed by atoms with Crippen molar-refractivity contribution in [2.75, 3.05) is 0 Å². The van der Waals surface area contributed by atoms with Crippen molar-refractivity contribution < 1.29 is 0 Å². The van der Waals surface area contributed by atoms with Gasteiger partial charge >= 0.3 is 0 Å². The molecule has 0 atom stereocenters. The van der Waals surface area contributed by atoms with E-state index in [1.165, 1.54) is 27.6 Å². The molecule has 280 valence electrons. The fraction of sp³-hybridized carbons (Fsp3) is 0. The third-order valence-electron chi connectivity index (χ3n) is 11.4. The van der Waals surface area contributed by atoms with E-state index in [-0.39, 0.29) is 0 Å². The third-order valence-corrected chi connectivity index (χ3v) is 11.4. The number of pyridine rings is 1. The van der Waals surface area contributed by atoms with E-state index in [4.69, 9.17) is 19.9 Å². The van der Waals surface area contributed by atoms with Crippen molar-refractivity contribution in [3.05, 3.63) is 219 Å². The van der Waals surface area contributed by atoms with Gasteiger partial charge in [-0.15, -0.1) is 0 Å². The summed E-state index contributed by atoms with van der Waals surface area (Å²) < 4.78 is 0. The first-order chi connectivity index (χ1) is 29.7. The van der Waals surface area contributed by atoms with Crippen LogP contribution in [0.2, 0.25) is 0 Å². The minimum atomic E-state index is 0.627. The van der Waals surface area contributed by atoms with E-state index in [1.807, 2.05) is 24.4 Å². The summed E-state index contributed by atoms with van der Waals surface area (Å²) in [4.78, 5) is 20.2. The van der Waals surface area contributed by atoms with E-state index in [0.717, 1.165) is 66.0 Å². The molecular formula is C56H36N4. The van der Waals surface area contributed by atoms with Gasteiger partial charge in [0.1, 0.15) is 0 Å². The highest BCUT2D eigenvalue weighted by atomic mass is 15.0. The van der Waals surface area contributed by atoms with Crippen molar-refractivity contribution in [1.29, 1.82) is 0 Å². The highest BCUT2D eigenvalue weighted by Gasteiger charge is 2.17. The van der Waals surface area contributed by atoms with Crippen LogP contribution in [0.4, 0.5) is 0 Å². The van der Waals surface area contributed by atoms with Crippen LogP contribution in [0.5, 0.6) is 0 Å². The summed E-state index contributed by atoms with van der Waals surface area (Å²) in [7, 11) is 0. The molecule has 4 heteroatoms. The number of hydrogen-bond donors (Lipinski definition) is 0. The summed E-state index contributed by atoms with van der Waals surface area (Å²) in [6, 6.07) is 74.6. The van der Waals surface area contributed by atoms with E-state index in [9.17, 15) is 0 Å². The maximum absolute atomic E-state index is 5.18. The Morgan fingerprint density at radius 2 is 0.650 bits per heavy atom. The first kappa shape index (κ1) is 35.1. The minimum Gasteiger partial charge on any atom is -0.256 e. The molecule has 2 heterocycles. The molecule has 0 aliphatic carbocycles. The van der Waals surface area contributed by atoms with E-state index < -0.39 is 0 Å². The van der Waals surface area contributed by atoms with Crippen molar-refractivity contribution in [3.8, 4) is 78.7 Å². The lowest BCUT2D eigenvalue weighted by Gasteiger charge is -2.14. The van der Waals surface area contributed by atoms with Gasteiger partial charge < -0.3 is 0 Å². The molecular weight excluding hydrogens is 729 g/mol. The van der Waals surface area contributed by atoms with Gasteiger partial charge in [0.25, 0.3) is 0 Å². The van der Waals surface area contributed by atoms with Crippen molar-refractivity contribution in [3.63, 3.8) is 0 Å². The topological polar surface area (TPSA) is 51.6 Å². The molecule has 11 rings (SSSR count). The Labute approximate surface area is 348 Å². The summed E-state index contributed by atoms with van der Waals surface area (Å²) in [6.45, 7) is 0. The largest absolute Gasteiger partial charge is 0.256 e. The average molecular weight is 765 g/mol. The quantitative estimate of drug-likeness (QED) is 0.152. The van der Waals surface area contributed by atoms with Gasteiger partial charge in [0.2, 0.25) is 0 Å². The molecule has 0 saturated heterocycles. The Morgan fingerprint density at radius 3 is 1.22 bits per heavy atom. The van der Waals surface area contributed by atoms with Gasteiger partial charge in [0.15, 0.2) is 17.5 Å². The number of nitrogens with zero attached hydrogens (tertiary/aromatic N) is 4. The Morgan fingerprint density at radius 1 is 0.250 bits per heavy atom. The molecule has 4 nitrogen and oxygen atoms in total. The summed E-state index contributed by atoms with van der Waals surface area (Å²) in [6.07, 6.45) is 1.87. The Kier molecular flexibility index (Phi) is 8.79. The van der Waals surface area contributed by atoms with Crippen LogP contribution in [0.1, 0.15) is 0 Å². The molecule has 0 N–H and O–H groups in total. The van der Waals surface area contributed by atoms with Gasteiger partial charge in [-0.3, -0.25) is 4.98 Å². The molecule has 0 bridgehead atoms. The molecule has 11 aromatic rings. The van der Waals surface area contributed by atoms with Gasteiger partial charge in [-0.05, 0) is 78.9 Å². The highest BCUT2D eigenvalue weighted by Crippen LogP contribution is 2.39. The minimum absolute atomic E-state index is 0.627. The Hall–Kier alpha value is -8.08. The fourth-order valence-electron chi connectivity index (χ4n) is 8.37. The SMILES string of the molecule is c1ccc(-c2ccc(-c3nc(-c4ccc(-c5ccccc5)cc4)nc(-c4ccc(-c5ccc(-c6cc7cccnc7c7ccccc67)cc5)c5ccccc45)n3)cc2)cc1. The summed E-state index contributed by atoms with van der Waals surface area (Å²) in [5, 5.41) is 5.70. The molecule has 0 aliphatic rings. The lowest BCUT2D eigenvalue weighted by molar-refractivity contribution is 1.08. The number of aromatic nitrogens is 4. The second-order valence-corrected chi connectivity index (χ2v) is 15.0. The molecule has 0 aliphatic heterocycles. The van der Waals surface area contributed by atoms with Crippen LogP contribution in [0.3, 0.4) is 0 Å². The number of benzene rings is 9. The van der Waals surface area contributed by atoms with Gasteiger partial charge in [0.05, 0.1) is 5.52 Å². The maximum atomic E-state index is 5.18. The smallest absolute Gasteiger partial charge is 0.164 e. The predicted octanol–water partition coefficient (Wildman–Crippen LogP) is 14.4. The van der Waals surface area contributed by atoms with Gasteiger partial charge in [-0.2, -0.15) is 0 Å². The van der Waals surface area contributed by atoms with Crippen molar-refractivity contribution >= 4 is 32.4 Å². The second kappa shape index (κ2) is 15.0. The zero-order chi connectivity index (χ0) is 39.8. The average Bonchev–Trinajstić information content (AvgIpc) is 3.34. The Bertz CT molecular complexity index is 3220. The van der Waals surface area contributed by atoms with Gasteiger partial charge in [0, 0.05) is 33.7 Å². The van der Waals surface area contributed by atoms with E-state index in [2.05, 4.69) is 194 Å². The predicted molar refractivity (Wildman–Crippen MR) is 248 cm³/mol. The normalized spacial score (nSPS) is 11.3. The van der Waals surface area contributed by atoms with Gasteiger partial charge in [-0.1, -0.05) is 194 Å². The van der Waals surface area contributed by atoms with Crippen LogP contribution in [0.15, 0.2) is 219 Å². The van der Waals surface area contributed by atoms with Crippen LogP contribution in [0, 0.1) is 0 Å². The van der Waals surface area contributed by atoms with Crippen molar-refractivity contribution in [2.45, 2.75) is 0 Å². The van der Waals surface area contributed by atoms with Gasteiger partial charge in [-0.25, -0.2) is 15.0 Å². The van der Waals surface area contributed by atoms with E-state index >= 15 is 0 Å². The molecule has 60 heavy (non-hydrogen) atoms. The lowest BCUT2D eigenvalue weighted by atomic mass is 9.92. The zero-order valence-electron chi connectivity index (χ0n) is 32.6. The molecule has 0 saturated carbocycles. The third kappa shape index (κ3) is 6.47. The molecule has 2 aromatic heterocycles. The molecule has 0 fully saturated rings. The first-order valence-corrected chi connectivity index (χ1v) is 20.2. The lowest BCUT2D eigenvalue weighted by Crippen LogP contribution is -2.01. The monoisotopic (exact) mass is 764 g/mol. The molecule has 0 radical (unpaired) electrons. The molecule has 9 aromatic carbocycles. The van der Waals surface area contributed by atoms with Crippen molar-refractivity contribution in [2.24, 2.45) is 0 Å². The summed E-state index contributed by atoms with van der Waals surface area (Å²) in [5.41, 5.74) is 13.1. The summed E-state index contributed by atoms with van der Waals surface area (Å²) >= 11 is 0. The van der Waals surface area contributed by atoms with Crippen LogP contribution in [-0.2, 0) is 0 Å². The number of fused-ring (bicyclic) bond motifs is 4. The molecule has 0 unspecified atom stereocenters.